The molecule has 1 aliphatic heterocycles. The van der Waals surface area contributed by atoms with Gasteiger partial charge in [0.15, 0.2) is 11.5 Å². The maximum atomic E-state index is 11.8. The number of rotatable bonds is 8. The van der Waals surface area contributed by atoms with Gasteiger partial charge < -0.3 is 35.8 Å². The molecule has 31 heavy (non-hydrogen) atoms. The molecule has 0 aromatic carbocycles. The van der Waals surface area contributed by atoms with Gasteiger partial charge >= 0.3 is 23.5 Å². The molecule has 3 heterocycles. The Bertz CT molecular complexity index is 1120. The van der Waals surface area contributed by atoms with E-state index in [0.717, 1.165) is 0 Å². The van der Waals surface area contributed by atoms with Crippen molar-refractivity contribution in [2.24, 2.45) is 5.92 Å². The first-order valence-corrected chi connectivity index (χ1v) is 12.9. The van der Waals surface area contributed by atoms with E-state index in [0.29, 0.717) is 17.6 Å². The van der Waals surface area contributed by atoms with Gasteiger partial charge in [0.05, 0.1) is 19.0 Å². The van der Waals surface area contributed by atoms with Crippen LogP contribution in [0.5, 0.6) is 0 Å². The highest BCUT2D eigenvalue weighted by atomic mass is 31.3. The Morgan fingerprint density at radius 3 is 2.48 bits per heavy atom. The van der Waals surface area contributed by atoms with Crippen LogP contribution in [0, 0.1) is 5.92 Å². The third-order valence-corrected chi connectivity index (χ3v) is 7.84. The second-order valence-corrected chi connectivity index (χ2v) is 11.0. The van der Waals surface area contributed by atoms with Crippen molar-refractivity contribution < 1.29 is 51.2 Å². The minimum absolute atomic E-state index is 0.0680. The van der Waals surface area contributed by atoms with E-state index in [1.807, 2.05) is 6.92 Å². The molecule has 174 valence electrons. The molecule has 8 N–H and O–H groups in total. The van der Waals surface area contributed by atoms with Crippen LogP contribution in [0.25, 0.3) is 11.2 Å². The molecule has 0 radical (unpaired) electrons. The van der Waals surface area contributed by atoms with Gasteiger partial charge in [0, 0.05) is 5.92 Å². The normalized spacial score (nSPS) is 26.0. The van der Waals surface area contributed by atoms with E-state index in [-0.39, 0.29) is 17.7 Å². The van der Waals surface area contributed by atoms with Gasteiger partial charge in [0.2, 0.25) is 5.95 Å². The van der Waals surface area contributed by atoms with Crippen molar-refractivity contribution in [3.8, 4) is 0 Å². The average molecular weight is 504 g/mol. The Balaban J connectivity index is 1.66. The van der Waals surface area contributed by atoms with Crippen LogP contribution in [0.1, 0.15) is 19.6 Å². The van der Waals surface area contributed by atoms with Gasteiger partial charge in [-0.1, -0.05) is 6.92 Å². The first-order chi connectivity index (χ1) is 14.2. The Labute approximate surface area is 173 Å². The number of aromatic nitrogens is 4. The number of imidazole rings is 1. The van der Waals surface area contributed by atoms with Gasteiger partial charge in [-0.25, -0.2) is 18.7 Å². The molecule has 1 fully saturated rings. The zero-order chi connectivity index (χ0) is 23.2. The van der Waals surface area contributed by atoms with Gasteiger partial charge in [0.25, 0.3) is 0 Å². The van der Waals surface area contributed by atoms with E-state index in [4.69, 9.17) is 30.9 Å². The van der Waals surface area contributed by atoms with Crippen LogP contribution in [0.3, 0.4) is 0 Å². The van der Waals surface area contributed by atoms with Gasteiger partial charge in [-0.2, -0.15) is 18.6 Å². The number of hydrogen-bond donors (Lipinski definition) is 6. The van der Waals surface area contributed by atoms with Crippen molar-refractivity contribution in [2.45, 2.75) is 25.7 Å². The summed E-state index contributed by atoms with van der Waals surface area (Å²) in [7, 11) is -16.3. The third kappa shape index (κ3) is 6.06. The first kappa shape index (κ1) is 24.2. The summed E-state index contributed by atoms with van der Waals surface area (Å²) in [4.78, 5) is 47.8. The molecule has 0 bridgehead atoms. The fourth-order valence-electron chi connectivity index (χ4n) is 2.99. The molecule has 5 unspecified atom stereocenters. The minimum atomic E-state index is -5.59. The molecule has 0 saturated carbocycles. The van der Waals surface area contributed by atoms with E-state index >= 15 is 0 Å². The zero-order valence-corrected chi connectivity index (χ0v) is 18.3. The van der Waals surface area contributed by atoms with Crippen LogP contribution in [0.4, 0.5) is 11.8 Å². The maximum absolute atomic E-state index is 11.8. The summed E-state index contributed by atoms with van der Waals surface area (Å²) in [6, 6.07) is 0. The summed E-state index contributed by atoms with van der Waals surface area (Å²) in [6.07, 6.45) is 0.351. The molecular formula is C11H19N6O11P3. The lowest BCUT2D eigenvalue weighted by atomic mass is 10.1. The van der Waals surface area contributed by atoms with Gasteiger partial charge in [-0.15, -0.1) is 0 Å². The molecule has 17 nitrogen and oxygen atoms in total. The highest BCUT2D eigenvalue weighted by Gasteiger charge is 2.42. The van der Waals surface area contributed by atoms with Crippen molar-refractivity contribution in [1.82, 2.24) is 19.5 Å². The van der Waals surface area contributed by atoms with Crippen molar-refractivity contribution in [2.75, 3.05) is 18.1 Å². The predicted octanol–water partition coefficient (Wildman–Crippen LogP) is 0.258. The molecule has 0 aliphatic carbocycles. The number of anilines is 2. The average Bonchev–Trinajstić information content (AvgIpc) is 3.12. The summed E-state index contributed by atoms with van der Waals surface area (Å²) in [5.41, 5.74) is 12.0. The number of fused-ring (bicyclic) bond motifs is 1. The van der Waals surface area contributed by atoms with E-state index in [1.54, 1.807) is 4.57 Å². The number of ether oxygens (including phenoxy) is 1. The lowest BCUT2D eigenvalue weighted by molar-refractivity contribution is -0.0290. The number of phosphoric acid groups is 3. The van der Waals surface area contributed by atoms with E-state index in [9.17, 15) is 18.6 Å². The highest BCUT2D eigenvalue weighted by molar-refractivity contribution is 7.66. The van der Waals surface area contributed by atoms with Gasteiger partial charge in [-0.05, 0) is 6.42 Å². The van der Waals surface area contributed by atoms with Crippen molar-refractivity contribution >= 4 is 46.4 Å². The highest BCUT2D eigenvalue weighted by Crippen LogP contribution is 2.66. The van der Waals surface area contributed by atoms with Crippen LogP contribution in [-0.2, 0) is 31.6 Å². The Hall–Kier alpha value is -1.48. The summed E-state index contributed by atoms with van der Waals surface area (Å²) in [5.74, 6) is -0.151. The quantitative estimate of drug-likeness (QED) is 0.263. The second kappa shape index (κ2) is 8.46. The first-order valence-electron chi connectivity index (χ1n) is 8.35. The molecule has 0 spiro atoms. The molecular weight excluding hydrogens is 485 g/mol. The van der Waals surface area contributed by atoms with Crippen LogP contribution < -0.4 is 11.5 Å². The lowest BCUT2D eigenvalue weighted by Crippen LogP contribution is -2.17. The second-order valence-electron chi connectivity index (χ2n) is 6.54. The fourth-order valence-corrected chi connectivity index (χ4v) is 6.04. The standard InChI is InChI=1S/C11H19N6O11P3/c1-5-2-6(3-25-30(21,22)28-31(23,24)27-29(18,19)20)26-10(5)17-4-14-7-8(12)15-11(13)16-9(7)17/h4-6,10H,2-3H2,1H3,(H,21,22)(H,23,24)(H2,18,19,20)(H4,12,13,15,16). The molecule has 1 aliphatic rings. The fraction of sp³-hybridized carbons (Fsp3) is 0.545. The smallest absolute Gasteiger partial charge is 0.382 e. The SMILES string of the molecule is CC1CC(COP(=O)(O)OP(=O)(O)OP(=O)(O)O)OC1n1cnc2c(N)nc(N)nc21. The molecule has 2 aromatic rings. The number of hydrogen-bond acceptors (Lipinski definition) is 12. The van der Waals surface area contributed by atoms with Crippen molar-refractivity contribution in [3.05, 3.63) is 6.33 Å². The summed E-state index contributed by atoms with van der Waals surface area (Å²) in [6.45, 7) is 1.26. The van der Waals surface area contributed by atoms with Crippen LogP contribution in [0.15, 0.2) is 6.33 Å². The number of nitrogens with zero attached hydrogens (tertiary/aromatic N) is 4. The molecule has 1 saturated heterocycles. The maximum Gasteiger partial charge on any atom is 0.490 e. The molecule has 2 aromatic heterocycles. The largest absolute Gasteiger partial charge is 0.490 e. The Morgan fingerprint density at radius 1 is 1.16 bits per heavy atom. The molecule has 3 rings (SSSR count). The molecule has 20 heteroatoms. The van der Waals surface area contributed by atoms with Crippen molar-refractivity contribution in [1.29, 1.82) is 0 Å². The summed E-state index contributed by atoms with van der Waals surface area (Å²) in [5, 5.41) is 0. The van der Waals surface area contributed by atoms with Crippen molar-refractivity contribution in [3.63, 3.8) is 0 Å². The lowest BCUT2D eigenvalue weighted by Gasteiger charge is -2.19. The number of phosphoric ester groups is 1. The van der Waals surface area contributed by atoms with Gasteiger partial charge in [0.1, 0.15) is 11.7 Å². The molecule has 0 amide bonds. The Morgan fingerprint density at radius 2 is 1.84 bits per heavy atom. The van der Waals surface area contributed by atoms with Crippen LogP contribution in [0.2, 0.25) is 0 Å². The topological polar surface area (TPSA) is 265 Å². The zero-order valence-electron chi connectivity index (χ0n) is 15.7. The van der Waals surface area contributed by atoms with Gasteiger partial charge in [-0.3, -0.25) is 9.09 Å². The van der Waals surface area contributed by atoms with E-state index in [2.05, 4.69) is 28.1 Å². The summed E-state index contributed by atoms with van der Waals surface area (Å²) < 4.78 is 53.1. The predicted molar refractivity (Wildman–Crippen MR) is 102 cm³/mol. The number of nitrogens with two attached hydrogens (primary N) is 2. The van der Waals surface area contributed by atoms with E-state index < -0.39 is 42.4 Å². The molecule has 5 atom stereocenters. The Kier molecular flexibility index (Phi) is 6.60. The van der Waals surface area contributed by atoms with Crippen LogP contribution in [-0.4, -0.2) is 51.8 Å². The third-order valence-electron chi connectivity index (χ3n) is 4.03. The van der Waals surface area contributed by atoms with E-state index in [1.165, 1.54) is 6.33 Å². The number of nitrogen functional groups attached to an aromatic ring is 2. The van der Waals surface area contributed by atoms with Crippen LogP contribution >= 0.6 is 23.5 Å². The summed E-state index contributed by atoms with van der Waals surface area (Å²) >= 11 is 0. The minimum Gasteiger partial charge on any atom is -0.382 e. The monoisotopic (exact) mass is 504 g/mol.